The number of hydrogen-bond acceptors (Lipinski definition) is 6. The van der Waals surface area contributed by atoms with Crippen LogP contribution in [-0.4, -0.2) is 37.8 Å². The number of methoxy groups -OCH3 is 1. The van der Waals surface area contributed by atoms with Gasteiger partial charge in [0.05, 0.1) is 18.0 Å². The molecular formula is C23H18N6O3. The van der Waals surface area contributed by atoms with Crippen LogP contribution in [0.25, 0.3) is 27.8 Å². The van der Waals surface area contributed by atoms with E-state index in [0.717, 1.165) is 11.1 Å². The summed E-state index contributed by atoms with van der Waals surface area (Å²) in [6.07, 6.45) is 3.37. The minimum atomic E-state index is -0.390. The zero-order chi connectivity index (χ0) is 22.1. The minimum absolute atomic E-state index is 0.261. The fourth-order valence-electron chi connectivity index (χ4n) is 3.50. The Labute approximate surface area is 181 Å². The van der Waals surface area contributed by atoms with E-state index in [2.05, 4.69) is 25.6 Å². The van der Waals surface area contributed by atoms with Gasteiger partial charge in [0.2, 0.25) is 0 Å². The second-order valence-electron chi connectivity index (χ2n) is 7.14. The molecule has 0 saturated carbocycles. The molecule has 5 rings (SSSR count). The molecule has 0 aliphatic heterocycles. The highest BCUT2D eigenvalue weighted by atomic mass is 16.5. The van der Waals surface area contributed by atoms with Gasteiger partial charge in [-0.15, -0.1) is 0 Å². The molecule has 0 fully saturated rings. The summed E-state index contributed by atoms with van der Waals surface area (Å²) >= 11 is 0. The van der Waals surface area contributed by atoms with Gasteiger partial charge < -0.3 is 10.1 Å². The van der Waals surface area contributed by atoms with E-state index in [1.165, 1.54) is 0 Å². The minimum Gasteiger partial charge on any atom is -0.497 e. The Balaban J connectivity index is 1.54. The maximum absolute atomic E-state index is 12.7. The van der Waals surface area contributed by atoms with Gasteiger partial charge in [0.15, 0.2) is 5.65 Å². The van der Waals surface area contributed by atoms with Crippen LogP contribution in [0, 0.1) is 0 Å². The molecule has 0 bridgehead atoms. The van der Waals surface area contributed by atoms with Crippen LogP contribution in [-0.2, 0) is 6.54 Å². The molecule has 0 aliphatic carbocycles. The fourth-order valence-corrected chi connectivity index (χ4v) is 3.50. The standard InChI is InChI=1S/C23H18N6O3/c1-32-17-7-4-15(5-8-17)20-21-26-23(31)18-9-6-16(11-19(18)29(21)28-27-20)22(30)25-13-14-3-2-10-24-12-14/h2-12,28H,13H2,1H3,(H,25,30). The molecule has 0 atom stereocenters. The van der Waals surface area contributed by atoms with Gasteiger partial charge in [0.1, 0.15) is 11.4 Å². The number of aromatic amines is 1. The number of amides is 1. The van der Waals surface area contributed by atoms with Crippen LogP contribution in [0.15, 0.2) is 71.8 Å². The number of nitrogens with zero attached hydrogens (tertiary/aromatic N) is 4. The Morgan fingerprint density at radius 3 is 2.75 bits per heavy atom. The Morgan fingerprint density at radius 2 is 2.00 bits per heavy atom. The lowest BCUT2D eigenvalue weighted by Gasteiger charge is -2.07. The first-order valence-corrected chi connectivity index (χ1v) is 9.86. The average Bonchev–Trinajstić information content (AvgIpc) is 3.27. The van der Waals surface area contributed by atoms with Crippen LogP contribution in [0.1, 0.15) is 15.9 Å². The van der Waals surface area contributed by atoms with E-state index in [1.807, 2.05) is 36.4 Å². The number of fused-ring (bicyclic) bond motifs is 3. The zero-order valence-corrected chi connectivity index (χ0v) is 17.1. The van der Waals surface area contributed by atoms with Gasteiger partial charge in [0, 0.05) is 30.1 Å². The molecule has 2 aromatic carbocycles. The molecule has 0 radical (unpaired) electrons. The maximum atomic E-state index is 12.7. The summed E-state index contributed by atoms with van der Waals surface area (Å²) in [4.78, 5) is 33.6. The first kappa shape index (κ1) is 19.4. The Morgan fingerprint density at radius 1 is 1.16 bits per heavy atom. The molecule has 32 heavy (non-hydrogen) atoms. The highest BCUT2D eigenvalue weighted by Crippen LogP contribution is 2.24. The number of hydrogen-bond donors (Lipinski definition) is 2. The monoisotopic (exact) mass is 426 g/mol. The molecule has 3 aromatic heterocycles. The highest BCUT2D eigenvalue weighted by Gasteiger charge is 2.16. The van der Waals surface area contributed by atoms with Gasteiger partial charge in [-0.3, -0.25) is 14.6 Å². The van der Waals surface area contributed by atoms with E-state index >= 15 is 0 Å². The number of benzene rings is 2. The number of aromatic nitrogens is 5. The van der Waals surface area contributed by atoms with E-state index in [9.17, 15) is 9.59 Å². The lowest BCUT2D eigenvalue weighted by atomic mass is 10.1. The first-order valence-electron chi connectivity index (χ1n) is 9.86. The number of ether oxygens (including phenoxy) is 1. The summed E-state index contributed by atoms with van der Waals surface area (Å²) in [5.74, 6) is 0.453. The Hall–Kier alpha value is -4.53. The first-order chi connectivity index (χ1) is 15.6. The van der Waals surface area contributed by atoms with Crippen LogP contribution in [0.4, 0.5) is 0 Å². The molecule has 158 valence electrons. The maximum Gasteiger partial charge on any atom is 0.281 e. The summed E-state index contributed by atoms with van der Waals surface area (Å²) in [5.41, 5.74) is 3.11. The number of carbonyl (C=O) groups excluding carboxylic acids is 1. The van der Waals surface area contributed by atoms with E-state index < -0.39 is 5.56 Å². The molecule has 5 aromatic rings. The van der Waals surface area contributed by atoms with Crippen molar-refractivity contribution in [3.63, 3.8) is 0 Å². The lowest BCUT2D eigenvalue weighted by Crippen LogP contribution is -2.23. The SMILES string of the molecule is COc1ccc(-c2n[nH]n3c2nc(=O)c2ccc(C(=O)NCc4cccnc4)cc23)cc1. The van der Waals surface area contributed by atoms with Crippen molar-refractivity contribution < 1.29 is 9.53 Å². The van der Waals surface area contributed by atoms with E-state index in [-0.39, 0.29) is 5.91 Å². The average molecular weight is 426 g/mol. The Bertz CT molecular complexity index is 1490. The van der Waals surface area contributed by atoms with Crippen molar-refractivity contribution in [2.45, 2.75) is 6.54 Å². The van der Waals surface area contributed by atoms with Gasteiger partial charge in [-0.1, -0.05) is 6.07 Å². The molecule has 3 heterocycles. The summed E-state index contributed by atoms with van der Waals surface area (Å²) < 4.78 is 6.80. The molecule has 0 aliphatic rings. The number of H-pyrrole nitrogens is 1. The third kappa shape index (κ3) is 3.45. The van der Waals surface area contributed by atoms with Crippen molar-refractivity contribution in [3.8, 4) is 17.0 Å². The van der Waals surface area contributed by atoms with Crippen LogP contribution in [0.3, 0.4) is 0 Å². The molecule has 9 nitrogen and oxygen atoms in total. The lowest BCUT2D eigenvalue weighted by molar-refractivity contribution is 0.0951. The smallest absolute Gasteiger partial charge is 0.281 e. The summed E-state index contributed by atoms with van der Waals surface area (Å²) in [6.45, 7) is 0.349. The predicted octanol–water partition coefficient (Wildman–Crippen LogP) is 2.57. The van der Waals surface area contributed by atoms with Crippen LogP contribution in [0.2, 0.25) is 0 Å². The number of pyridine rings is 1. The molecule has 0 unspecified atom stereocenters. The van der Waals surface area contributed by atoms with E-state index in [0.29, 0.717) is 40.1 Å². The van der Waals surface area contributed by atoms with Crippen molar-refractivity contribution in [2.24, 2.45) is 0 Å². The molecule has 2 N–H and O–H groups in total. The second-order valence-corrected chi connectivity index (χ2v) is 7.14. The van der Waals surface area contributed by atoms with Gasteiger partial charge >= 0.3 is 0 Å². The predicted molar refractivity (Wildman–Crippen MR) is 119 cm³/mol. The largest absolute Gasteiger partial charge is 0.497 e. The number of carbonyl (C=O) groups is 1. The molecule has 0 spiro atoms. The molecule has 9 heteroatoms. The van der Waals surface area contributed by atoms with Gasteiger partial charge in [-0.2, -0.15) is 10.1 Å². The van der Waals surface area contributed by atoms with Crippen LogP contribution in [0.5, 0.6) is 5.75 Å². The van der Waals surface area contributed by atoms with Crippen molar-refractivity contribution >= 4 is 22.5 Å². The van der Waals surface area contributed by atoms with Crippen LogP contribution < -0.4 is 15.6 Å². The van der Waals surface area contributed by atoms with Gasteiger partial charge in [-0.05, 0) is 54.1 Å². The molecule has 0 saturated heterocycles. The van der Waals surface area contributed by atoms with Crippen molar-refractivity contribution in [3.05, 3.63) is 88.5 Å². The summed E-state index contributed by atoms with van der Waals surface area (Å²) in [5, 5.41) is 10.5. The fraction of sp³-hybridized carbons (Fsp3) is 0.0870. The molecule has 1 amide bonds. The van der Waals surface area contributed by atoms with E-state index in [1.54, 1.807) is 42.2 Å². The topological polar surface area (TPSA) is 114 Å². The highest BCUT2D eigenvalue weighted by molar-refractivity contribution is 5.98. The van der Waals surface area contributed by atoms with Crippen LogP contribution >= 0.6 is 0 Å². The van der Waals surface area contributed by atoms with Gasteiger partial charge in [-0.25, -0.2) is 9.73 Å². The quantitative estimate of drug-likeness (QED) is 0.446. The molecular weight excluding hydrogens is 408 g/mol. The number of rotatable bonds is 5. The van der Waals surface area contributed by atoms with E-state index in [4.69, 9.17) is 4.74 Å². The Kier molecular flexibility index (Phi) is 4.83. The number of nitrogens with one attached hydrogen (secondary N) is 2. The summed E-state index contributed by atoms with van der Waals surface area (Å²) in [7, 11) is 1.59. The van der Waals surface area contributed by atoms with Gasteiger partial charge in [0.25, 0.3) is 11.5 Å². The summed E-state index contributed by atoms with van der Waals surface area (Å²) in [6, 6.07) is 15.9. The second kappa shape index (κ2) is 7.95. The van der Waals surface area contributed by atoms with Crippen molar-refractivity contribution in [1.29, 1.82) is 0 Å². The third-order valence-corrected chi connectivity index (χ3v) is 5.16. The van der Waals surface area contributed by atoms with Crippen molar-refractivity contribution in [1.82, 2.24) is 30.1 Å². The normalized spacial score (nSPS) is 11.0. The van der Waals surface area contributed by atoms with Crippen molar-refractivity contribution in [2.75, 3.05) is 7.11 Å². The third-order valence-electron chi connectivity index (χ3n) is 5.16. The zero-order valence-electron chi connectivity index (χ0n) is 17.1.